The van der Waals surface area contributed by atoms with Crippen LogP contribution in [0.25, 0.3) is 27.9 Å². The Bertz CT molecular complexity index is 1240. The van der Waals surface area contributed by atoms with Gasteiger partial charge in [-0.25, -0.2) is 9.37 Å². The third kappa shape index (κ3) is 3.71. The second-order valence-corrected chi connectivity index (χ2v) is 6.18. The highest BCUT2D eigenvalue weighted by Gasteiger charge is 2.31. The molecule has 0 fully saturated rings. The van der Waals surface area contributed by atoms with Gasteiger partial charge in [-0.15, -0.1) is 13.2 Å². The van der Waals surface area contributed by atoms with Gasteiger partial charge >= 0.3 is 6.36 Å². The molecule has 0 aliphatic rings. The summed E-state index contributed by atoms with van der Waals surface area (Å²) in [6.45, 7) is 1.58. The number of aromatic nitrogens is 2. The molecule has 0 saturated carbocycles. The van der Waals surface area contributed by atoms with E-state index in [2.05, 4.69) is 9.72 Å². The molecule has 2 heterocycles. The van der Waals surface area contributed by atoms with E-state index in [1.54, 1.807) is 6.92 Å². The number of nitrogens with zero attached hydrogens (tertiary/aromatic N) is 2. The molecule has 0 bridgehead atoms. The number of benzene rings is 2. The maximum atomic E-state index is 13.3. The standard InChI is InChI=1S/C20H12F4N2O3/c1-11-25-17-18(28-11)16(12-2-4-13(21)5-3-12)10-26(19(17)27)14-6-8-15(9-7-14)29-20(22,23)24/h2-10H,1H3. The Balaban J connectivity index is 1.88. The van der Waals surface area contributed by atoms with Gasteiger partial charge in [0.1, 0.15) is 11.6 Å². The molecule has 148 valence electrons. The molecule has 0 spiro atoms. The lowest BCUT2D eigenvalue weighted by atomic mass is 10.1. The average molecular weight is 404 g/mol. The Morgan fingerprint density at radius 2 is 1.69 bits per heavy atom. The van der Waals surface area contributed by atoms with Crippen LogP contribution >= 0.6 is 0 Å². The molecule has 0 saturated heterocycles. The molecule has 9 heteroatoms. The van der Waals surface area contributed by atoms with Gasteiger partial charge in [0, 0.05) is 24.4 Å². The van der Waals surface area contributed by atoms with Crippen LogP contribution in [-0.4, -0.2) is 15.9 Å². The Morgan fingerprint density at radius 1 is 1.03 bits per heavy atom. The molecule has 2 aromatic carbocycles. The lowest BCUT2D eigenvalue weighted by Gasteiger charge is -2.12. The fourth-order valence-corrected chi connectivity index (χ4v) is 2.95. The van der Waals surface area contributed by atoms with Gasteiger partial charge in [-0.3, -0.25) is 9.36 Å². The van der Waals surface area contributed by atoms with Crippen molar-refractivity contribution < 1.29 is 26.7 Å². The summed E-state index contributed by atoms with van der Waals surface area (Å²) in [6.07, 6.45) is -3.34. The Morgan fingerprint density at radius 3 is 2.31 bits per heavy atom. The molecule has 0 N–H and O–H groups in total. The van der Waals surface area contributed by atoms with Gasteiger partial charge in [-0.1, -0.05) is 12.1 Å². The van der Waals surface area contributed by atoms with Gasteiger partial charge in [-0.2, -0.15) is 0 Å². The second kappa shape index (κ2) is 6.77. The summed E-state index contributed by atoms with van der Waals surface area (Å²) in [5.74, 6) is -0.564. The molecule has 2 aromatic heterocycles. The lowest BCUT2D eigenvalue weighted by Crippen LogP contribution is -2.19. The number of hydrogen-bond donors (Lipinski definition) is 0. The van der Waals surface area contributed by atoms with Gasteiger partial charge < -0.3 is 9.15 Å². The lowest BCUT2D eigenvalue weighted by molar-refractivity contribution is -0.274. The highest BCUT2D eigenvalue weighted by Crippen LogP contribution is 2.29. The van der Waals surface area contributed by atoms with Gasteiger partial charge in [-0.05, 0) is 42.0 Å². The molecule has 0 unspecified atom stereocenters. The molecular formula is C20H12F4N2O3. The van der Waals surface area contributed by atoms with E-state index in [1.165, 1.54) is 47.2 Å². The number of pyridine rings is 1. The minimum absolute atomic E-state index is 0.0555. The summed E-state index contributed by atoms with van der Waals surface area (Å²) < 4.78 is 61.0. The predicted molar refractivity (Wildman–Crippen MR) is 96.4 cm³/mol. The molecule has 0 amide bonds. The van der Waals surface area contributed by atoms with Crippen molar-refractivity contribution in [1.82, 2.24) is 9.55 Å². The van der Waals surface area contributed by atoms with E-state index in [0.717, 1.165) is 12.1 Å². The number of oxazole rings is 1. The van der Waals surface area contributed by atoms with Gasteiger partial charge in [0.15, 0.2) is 17.0 Å². The normalized spacial score (nSPS) is 11.8. The zero-order chi connectivity index (χ0) is 20.8. The van der Waals surface area contributed by atoms with E-state index < -0.39 is 23.5 Å². The maximum Gasteiger partial charge on any atom is 0.573 e. The summed E-state index contributed by atoms with van der Waals surface area (Å²) in [7, 11) is 0. The fourth-order valence-electron chi connectivity index (χ4n) is 2.95. The van der Waals surface area contributed by atoms with Crippen LogP contribution in [0.15, 0.2) is 63.9 Å². The third-order valence-corrected chi connectivity index (χ3v) is 4.16. The van der Waals surface area contributed by atoms with Gasteiger partial charge in [0.05, 0.1) is 0 Å². The van der Waals surface area contributed by atoms with Crippen molar-refractivity contribution in [3.8, 4) is 22.6 Å². The molecule has 0 atom stereocenters. The molecule has 4 aromatic rings. The van der Waals surface area contributed by atoms with Crippen molar-refractivity contribution in [2.24, 2.45) is 0 Å². The Labute approximate surface area is 160 Å². The van der Waals surface area contributed by atoms with Gasteiger partial charge in [0.2, 0.25) is 0 Å². The molecule has 5 nitrogen and oxygen atoms in total. The van der Waals surface area contributed by atoms with Gasteiger partial charge in [0.25, 0.3) is 5.56 Å². The zero-order valence-corrected chi connectivity index (χ0v) is 14.8. The van der Waals surface area contributed by atoms with Crippen LogP contribution < -0.4 is 10.3 Å². The van der Waals surface area contributed by atoms with Crippen LogP contribution in [0.2, 0.25) is 0 Å². The number of fused-ring (bicyclic) bond motifs is 1. The fraction of sp³-hybridized carbons (Fsp3) is 0.100. The summed E-state index contributed by atoms with van der Waals surface area (Å²) in [5, 5.41) is 0. The highest BCUT2D eigenvalue weighted by atomic mass is 19.4. The number of rotatable bonds is 3. The molecular weight excluding hydrogens is 392 g/mol. The monoisotopic (exact) mass is 404 g/mol. The highest BCUT2D eigenvalue weighted by molar-refractivity contribution is 5.89. The number of alkyl halides is 3. The van der Waals surface area contributed by atoms with Crippen LogP contribution in [0, 0.1) is 12.7 Å². The molecule has 4 rings (SSSR count). The smallest absolute Gasteiger partial charge is 0.440 e. The van der Waals surface area contributed by atoms with E-state index in [-0.39, 0.29) is 17.0 Å². The van der Waals surface area contributed by atoms with Crippen LogP contribution in [0.3, 0.4) is 0 Å². The van der Waals surface area contributed by atoms with Crippen LogP contribution in [0.5, 0.6) is 5.75 Å². The number of ether oxygens (including phenoxy) is 1. The second-order valence-electron chi connectivity index (χ2n) is 6.18. The van der Waals surface area contributed by atoms with Crippen molar-refractivity contribution in [2.45, 2.75) is 13.3 Å². The molecule has 0 radical (unpaired) electrons. The quantitative estimate of drug-likeness (QED) is 0.452. The van der Waals surface area contributed by atoms with Crippen LogP contribution in [-0.2, 0) is 0 Å². The Hall–Kier alpha value is -3.62. The summed E-state index contributed by atoms with van der Waals surface area (Å²) in [4.78, 5) is 17.0. The van der Waals surface area contributed by atoms with Crippen molar-refractivity contribution in [2.75, 3.05) is 0 Å². The minimum atomic E-state index is -4.81. The number of aryl methyl sites for hydroxylation is 1. The maximum absolute atomic E-state index is 13.3. The summed E-state index contributed by atoms with van der Waals surface area (Å²) in [6, 6.07) is 10.4. The van der Waals surface area contributed by atoms with E-state index in [4.69, 9.17) is 4.42 Å². The molecule has 0 aliphatic carbocycles. The minimum Gasteiger partial charge on any atom is -0.440 e. The van der Waals surface area contributed by atoms with Crippen molar-refractivity contribution in [3.63, 3.8) is 0 Å². The number of hydrogen-bond acceptors (Lipinski definition) is 4. The largest absolute Gasteiger partial charge is 0.573 e. The first kappa shape index (κ1) is 18.7. The van der Waals surface area contributed by atoms with E-state index in [1.807, 2.05) is 0 Å². The van der Waals surface area contributed by atoms with Crippen molar-refractivity contribution >= 4 is 11.1 Å². The molecule has 0 aliphatic heterocycles. The molecule has 29 heavy (non-hydrogen) atoms. The predicted octanol–water partition coefficient (Wildman–Crippen LogP) is 4.99. The first-order valence-corrected chi connectivity index (χ1v) is 8.36. The summed E-state index contributed by atoms with van der Waals surface area (Å²) >= 11 is 0. The average Bonchev–Trinajstić information content (AvgIpc) is 3.05. The van der Waals surface area contributed by atoms with Crippen molar-refractivity contribution in [3.05, 3.63) is 76.8 Å². The zero-order valence-electron chi connectivity index (χ0n) is 14.8. The van der Waals surface area contributed by atoms with Crippen molar-refractivity contribution in [1.29, 1.82) is 0 Å². The number of halogens is 4. The SMILES string of the molecule is Cc1nc2c(=O)n(-c3ccc(OC(F)(F)F)cc3)cc(-c3ccc(F)cc3)c2o1. The van der Waals surface area contributed by atoms with Crippen LogP contribution in [0.4, 0.5) is 17.6 Å². The van der Waals surface area contributed by atoms with E-state index in [0.29, 0.717) is 16.8 Å². The Kier molecular flexibility index (Phi) is 4.37. The topological polar surface area (TPSA) is 57.3 Å². The summed E-state index contributed by atoms with van der Waals surface area (Å²) in [5.41, 5.74) is 1.16. The third-order valence-electron chi connectivity index (χ3n) is 4.16. The van der Waals surface area contributed by atoms with E-state index in [9.17, 15) is 22.4 Å². The van der Waals surface area contributed by atoms with E-state index >= 15 is 0 Å². The first-order valence-electron chi connectivity index (χ1n) is 8.36. The van der Waals surface area contributed by atoms with Crippen LogP contribution in [0.1, 0.15) is 5.89 Å². The first-order chi connectivity index (χ1) is 13.7.